The highest BCUT2D eigenvalue weighted by atomic mass is 19.1. The summed E-state index contributed by atoms with van der Waals surface area (Å²) in [5, 5.41) is 2.60. The Morgan fingerprint density at radius 1 is 1.47 bits per heavy atom. The van der Waals surface area contributed by atoms with Crippen molar-refractivity contribution in [2.45, 2.75) is 26.3 Å². The first-order valence-corrected chi connectivity index (χ1v) is 4.80. The third-order valence-electron chi connectivity index (χ3n) is 2.17. The van der Waals surface area contributed by atoms with E-state index in [1.165, 1.54) is 0 Å². The van der Waals surface area contributed by atoms with Gasteiger partial charge in [-0.1, -0.05) is 6.92 Å². The molecule has 0 fully saturated rings. The largest absolute Gasteiger partial charge is 0.350 e. The predicted octanol–water partition coefficient (Wildman–Crippen LogP) is 2.49. The van der Waals surface area contributed by atoms with Crippen LogP contribution in [0.2, 0.25) is 0 Å². The Morgan fingerprint density at radius 3 is 2.67 bits per heavy atom. The maximum Gasteiger partial charge on any atom is 0.254 e. The predicted molar refractivity (Wildman–Crippen MR) is 53.6 cm³/mol. The molecule has 1 aromatic rings. The van der Waals surface area contributed by atoms with Gasteiger partial charge < -0.3 is 5.32 Å². The van der Waals surface area contributed by atoms with E-state index in [0.717, 1.165) is 18.6 Å². The zero-order valence-electron chi connectivity index (χ0n) is 8.68. The van der Waals surface area contributed by atoms with Crippen LogP contribution in [0.3, 0.4) is 0 Å². The van der Waals surface area contributed by atoms with Crippen LogP contribution < -0.4 is 5.32 Å². The molecule has 4 heteroatoms. The molecule has 0 heterocycles. The third kappa shape index (κ3) is 3.01. The van der Waals surface area contributed by atoms with Crippen LogP contribution in [0.5, 0.6) is 0 Å². The van der Waals surface area contributed by atoms with Gasteiger partial charge in [0.1, 0.15) is 11.6 Å². The highest BCUT2D eigenvalue weighted by molar-refractivity contribution is 5.94. The van der Waals surface area contributed by atoms with Crippen molar-refractivity contribution < 1.29 is 13.6 Å². The van der Waals surface area contributed by atoms with E-state index in [9.17, 15) is 13.6 Å². The number of hydrogen-bond acceptors (Lipinski definition) is 1. The van der Waals surface area contributed by atoms with Crippen LogP contribution in [0.4, 0.5) is 8.78 Å². The van der Waals surface area contributed by atoms with Gasteiger partial charge in [-0.15, -0.1) is 0 Å². The number of carbonyl (C=O) groups is 1. The van der Waals surface area contributed by atoms with Crippen molar-refractivity contribution in [3.05, 3.63) is 35.4 Å². The van der Waals surface area contributed by atoms with Crippen LogP contribution in [-0.4, -0.2) is 11.9 Å². The number of halogens is 2. The van der Waals surface area contributed by atoms with Gasteiger partial charge in [-0.3, -0.25) is 4.79 Å². The van der Waals surface area contributed by atoms with E-state index in [0.29, 0.717) is 6.07 Å². The number of carbonyl (C=O) groups excluding carboxylic acids is 1. The van der Waals surface area contributed by atoms with Gasteiger partial charge in [0.15, 0.2) is 0 Å². The maximum atomic E-state index is 13.2. The maximum absolute atomic E-state index is 13.2. The third-order valence-corrected chi connectivity index (χ3v) is 2.17. The molecule has 15 heavy (non-hydrogen) atoms. The molecular weight excluding hydrogens is 200 g/mol. The summed E-state index contributed by atoms with van der Waals surface area (Å²) in [6.07, 6.45) is 0.758. The van der Waals surface area contributed by atoms with Crippen molar-refractivity contribution in [1.82, 2.24) is 5.32 Å². The second-order valence-electron chi connectivity index (χ2n) is 3.41. The number of nitrogens with one attached hydrogen (secondary N) is 1. The Hall–Kier alpha value is -1.45. The molecule has 0 bridgehead atoms. The van der Waals surface area contributed by atoms with Crippen LogP contribution >= 0.6 is 0 Å². The molecule has 0 saturated heterocycles. The molecule has 2 nitrogen and oxygen atoms in total. The smallest absolute Gasteiger partial charge is 0.254 e. The fraction of sp³-hybridized carbons (Fsp3) is 0.364. The first-order chi connectivity index (χ1) is 7.04. The minimum atomic E-state index is -0.837. The lowest BCUT2D eigenvalue weighted by atomic mass is 10.1. The van der Waals surface area contributed by atoms with E-state index in [1.807, 2.05) is 13.8 Å². The van der Waals surface area contributed by atoms with Crippen molar-refractivity contribution in [1.29, 1.82) is 0 Å². The van der Waals surface area contributed by atoms with E-state index in [2.05, 4.69) is 5.32 Å². The molecule has 0 aromatic heterocycles. The monoisotopic (exact) mass is 213 g/mol. The Bertz CT molecular complexity index is 366. The second kappa shape index (κ2) is 4.87. The SMILES string of the molecule is CCC(C)NC(=O)c1ccc(F)cc1F. The average Bonchev–Trinajstić information content (AvgIpc) is 2.17. The minimum Gasteiger partial charge on any atom is -0.350 e. The normalized spacial score (nSPS) is 12.3. The summed E-state index contributed by atoms with van der Waals surface area (Å²) in [5.41, 5.74) is -0.128. The van der Waals surface area contributed by atoms with Gasteiger partial charge in [-0.05, 0) is 25.5 Å². The molecule has 1 unspecified atom stereocenters. The van der Waals surface area contributed by atoms with Gasteiger partial charge >= 0.3 is 0 Å². The van der Waals surface area contributed by atoms with Crippen LogP contribution in [0.1, 0.15) is 30.6 Å². The molecule has 0 spiro atoms. The summed E-state index contributed by atoms with van der Waals surface area (Å²) in [6.45, 7) is 3.73. The molecular formula is C11H13F2NO. The van der Waals surface area contributed by atoms with Crippen molar-refractivity contribution in [3.8, 4) is 0 Å². The molecule has 1 aromatic carbocycles. The summed E-state index contributed by atoms with van der Waals surface area (Å²) >= 11 is 0. The molecule has 0 aliphatic rings. The molecule has 1 atom stereocenters. The standard InChI is InChI=1S/C11H13F2NO/c1-3-7(2)14-11(15)9-5-4-8(12)6-10(9)13/h4-7H,3H2,1-2H3,(H,14,15). The van der Waals surface area contributed by atoms with Gasteiger partial charge in [0.2, 0.25) is 0 Å². The number of hydrogen-bond donors (Lipinski definition) is 1. The van der Waals surface area contributed by atoms with Crippen LogP contribution in [0.25, 0.3) is 0 Å². The Balaban J connectivity index is 2.82. The Morgan fingerprint density at radius 2 is 2.13 bits per heavy atom. The van der Waals surface area contributed by atoms with Crippen molar-refractivity contribution in [2.75, 3.05) is 0 Å². The first kappa shape index (κ1) is 11.6. The number of amides is 1. The fourth-order valence-corrected chi connectivity index (χ4v) is 1.08. The number of benzene rings is 1. The summed E-state index contributed by atoms with van der Waals surface area (Å²) in [7, 11) is 0. The van der Waals surface area contributed by atoms with Crippen molar-refractivity contribution >= 4 is 5.91 Å². The highest BCUT2D eigenvalue weighted by Crippen LogP contribution is 2.09. The van der Waals surface area contributed by atoms with E-state index in [1.54, 1.807) is 0 Å². The summed E-state index contributed by atoms with van der Waals surface area (Å²) in [5.74, 6) is -2.04. The van der Waals surface area contributed by atoms with Gasteiger partial charge in [-0.2, -0.15) is 0 Å². The number of rotatable bonds is 3. The molecule has 1 rings (SSSR count). The summed E-state index contributed by atoms with van der Waals surface area (Å²) in [4.78, 5) is 11.5. The minimum absolute atomic E-state index is 0.0260. The van der Waals surface area contributed by atoms with Crippen LogP contribution in [0, 0.1) is 11.6 Å². The van der Waals surface area contributed by atoms with E-state index in [4.69, 9.17) is 0 Å². The van der Waals surface area contributed by atoms with Crippen LogP contribution in [-0.2, 0) is 0 Å². The topological polar surface area (TPSA) is 29.1 Å². The van der Waals surface area contributed by atoms with E-state index < -0.39 is 17.5 Å². The highest BCUT2D eigenvalue weighted by Gasteiger charge is 2.13. The molecule has 0 aliphatic heterocycles. The summed E-state index contributed by atoms with van der Waals surface area (Å²) < 4.78 is 25.7. The van der Waals surface area contributed by atoms with Crippen molar-refractivity contribution in [2.24, 2.45) is 0 Å². The van der Waals surface area contributed by atoms with Crippen LogP contribution in [0.15, 0.2) is 18.2 Å². The Labute approximate surface area is 87.3 Å². The molecule has 1 N–H and O–H groups in total. The van der Waals surface area contributed by atoms with E-state index >= 15 is 0 Å². The molecule has 0 radical (unpaired) electrons. The first-order valence-electron chi connectivity index (χ1n) is 4.80. The lowest BCUT2D eigenvalue weighted by molar-refractivity contribution is 0.0935. The van der Waals surface area contributed by atoms with Gasteiger partial charge in [0.25, 0.3) is 5.91 Å². The van der Waals surface area contributed by atoms with Gasteiger partial charge in [-0.25, -0.2) is 8.78 Å². The molecule has 1 amide bonds. The lowest BCUT2D eigenvalue weighted by Crippen LogP contribution is -2.32. The second-order valence-corrected chi connectivity index (χ2v) is 3.41. The van der Waals surface area contributed by atoms with Crippen molar-refractivity contribution in [3.63, 3.8) is 0 Å². The van der Waals surface area contributed by atoms with E-state index in [-0.39, 0.29) is 11.6 Å². The zero-order chi connectivity index (χ0) is 11.4. The fourth-order valence-electron chi connectivity index (χ4n) is 1.08. The molecule has 0 saturated carbocycles. The van der Waals surface area contributed by atoms with Gasteiger partial charge in [0.05, 0.1) is 5.56 Å². The van der Waals surface area contributed by atoms with Gasteiger partial charge in [0, 0.05) is 12.1 Å². The summed E-state index contributed by atoms with van der Waals surface area (Å²) in [6, 6.07) is 2.88. The molecule has 0 aliphatic carbocycles. The Kier molecular flexibility index (Phi) is 3.77. The average molecular weight is 213 g/mol. The molecule has 82 valence electrons. The zero-order valence-corrected chi connectivity index (χ0v) is 8.68. The quantitative estimate of drug-likeness (QED) is 0.821. The lowest BCUT2D eigenvalue weighted by Gasteiger charge is -2.11.